The molecular formula is C23H23BrN2O4S2. The molecule has 1 heterocycles. The van der Waals surface area contributed by atoms with Gasteiger partial charge in [-0.25, -0.2) is 0 Å². The van der Waals surface area contributed by atoms with E-state index in [4.69, 9.17) is 21.7 Å². The quantitative estimate of drug-likeness (QED) is 0.374. The largest absolute Gasteiger partial charge is 0.490 e. The lowest BCUT2D eigenvalue weighted by molar-refractivity contribution is -0.123. The van der Waals surface area contributed by atoms with Crippen molar-refractivity contribution in [3.8, 4) is 11.5 Å². The van der Waals surface area contributed by atoms with Gasteiger partial charge in [0.05, 0.1) is 22.1 Å². The second kappa shape index (κ2) is 10.5. The van der Waals surface area contributed by atoms with Crippen molar-refractivity contribution in [2.75, 3.05) is 6.61 Å². The predicted molar refractivity (Wildman–Crippen MR) is 135 cm³/mol. The molecular weight excluding hydrogens is 512 g/mol. The first-order valence-electron chi connectivity index (χ1n) is 9.98. The van der Waals surface area contributed by atoms with Gasteiger partial charge in [-0.2, -0.15) is 5.01 Å². The Morgan fingerprint density at radius 2 is 2.03 bits per heavy atom. The van der Waals surface area contributed by atoms with E-state index in [1.807, 2.05) is 52.0 Å². The topological polar surface area (TPSA) is 67.9 Å². The van der Waals surface area contributed by atoms with Crippen LogP contribution in [0.3, 0.4) is 0 Å². The molecule has 0 aromatic heterocycles. The number of carbonyl (C=O) groups is 2. The monoisotopic (exact) mass is 534 g/mol. The number of benzene rings is 2. The Labute approximate surface area is 205 Å². The van der Waals surface area contributed by atoms with Gasteiger partial charge >= 0.3 is 0 Å². The maximum Gasteiger partial charge on any atom is 0.285 e. The number of hydrogen-bond acceptors (Lipinski definition) is 6. The van der Waals surface area contributed by atoms with Gasteiger partial charge in [0.1, 0.15) is 0 Å². The van der Waals surface area contributed by atoms with Crippen molar-refractivity contribution in [3.05, 3.63) is 62.5 Å². The van der Waals surface area contributed by atoms with Crippen molar-refractivity contribution in [1.82, 2.24) is 10.4 Å². The summed E-state index contributed by atoms with van der Waals surface area (Å²) in [5, 5.41) is 1.11. The van der Waals surface area contributed by atoms with Gasteiger partial charge in [-0.3, -0.25) is 15.0 Å². The highest BCUT2D eigenvalue weighted by molar-refractivity contribution is 9.10. The molecule has 6 nitrogen and oxygen atoms in total. The molecule has 0 radical (unpaired) electrons. The molecule has 1 saturated heterocycles. The molecule has 2 amide bonds. The lowest BCUT2D eigenvalue weighted by atomic mass is 10.1. The summed E-state index contributed by atoms with van der Waals surface area (Å²) in [6.07, 6.45) is 1.69. The van der Waals surface area contributed by atoms with Crippen LogP contribution in [-0.2, 0) is 4.79 Å². The van der Waals surface area contributed by atoms with Gasteiger partial charge < -0.3 is 9.47 Å². The van der Waals surface area contributed by atoms with Crippen LogP contribution in [0.25, 0.3) is 6.08 Å². The average molecular weight is 535 g/mol. The number of aryl methyl sites for hydroxylation is 1. The Balaban J connectivity index is 1.85. The Hall–Kier alpha value is -2.36. The van der Waals surface area contributed by atoms with E-state index in [0.29, 0.717) is 33.0 Å². The normalized spacial score (nSPS) is 14.9. The summed E-state index contributed by atoms with van der Waals surface area (Å²) in [5.74, 6) is 0.401. The Morgan fingerprint density at radius 1 is 1.31 bits per heavy atom. The molecule has 1 N–H and O–H groups in total. The van der Waals surface area contributed by atoms with E-state index in [-0.39, 0.29) is 10.4 Å². The molecule has 168 valence electrons. The lowest BCUT2D eigenvalue weighted by Gasteiger charge is -2.17. The Kier molecular flexibility index (Phi) is 7.97. The maximum atomic E-state index is 12.9. The fourth-order valence-corrected chi connectivity index (χ4v) is 4.72. The van der Waals surface area contributed by atoms with Gasteiger partial charge in [0.15, 0.2) is 15.8 Å². The molecule has 3 rings (SSSR count). The zero-order valence-corrected chi connectivity index (χ0v) is 21.3. The standard InChI is InChI=1S/C23H23BrN2O4S2/c1-5-29-18-11-15(10-17(24)20(18)30-13(2)3)12-19-22(28)26(23(31)32-19)25-21(27)16-9-7-6-8-14(16)4/h6-13H,5H2,1-4H3,(H,25,27)/b19-12-. The molecule has 2 aromatic rings. The summed E-state index contributed by atoms with van der Waals surface area (Å²) >= 11 is 9.99. The molecule has 1 aliphatic heterocycles. The predicted octanol–water partition coefficient (Wildman–Crippen LogP) is 5.49. The molecule has 0 aliphatic carbocycles. The van der Waals surface area contributed by atoms with Crippen LogP contribution in [-0.4, -0.2) is 33.9 Å². The number of halogens is 1. The lowest BCUT2D eigenvalue weighted by Crippen LogP contribution is -2.45. The molecule has 0 bridgehead atoms. The van der Waals surface area contributed by atoms with Gasteiger partial charge in [-0.15, -0.1) is 0 Å². The van der Waals surface area contributed by atoms with E-state index < -0.39 is 11.8 Å². The van der Waals surface area contributed by atoms with Gasteiger partial charge in [-0.05, 0) is 91.2 Å². The third-order valence-corrected chi connectivity index (χ3v) is 6.27. The number of amides is 2. The van der Waals surface area contributed by atoms with Crippen LogP contribution in [0.2, 0.25) is 0 Å². The molecule has 2 aromatic carbocycles. The van der Waals surface area contributed by atoms with Crippen LogP contribution in [0, 0.1) is 6.92 Å². The van der Waals surface area contributed by atoms with Crippen molar-refractivity contribution in [2.24, 2.45) is 0 Å². The van der Waals surface area contributed by atoms with Crippen molar-refractivity contribution in [1.29, 1.82) is 0 Å². The van der Waals surface area contributed by atoms with Crippen molar-refractivity contribution in [2.45, 2.75) is 33.8 Å². The minimum Gasteiger partial charge on any atom is -0.490 e. The number of thioether (sulfide) groups is 1. The maximum absolute atomic E-state index is 12.9. The summed E-state index contributed by atoms with van der Waals surface area (Å²) in [4.78, 5) is 26.0. The first kappa shape index (κ1) is 24.3. The second-order valence-corrected chi connectivity index (χ2v) is 9.73. The zero-order valence-electron chi connectivity index (χ0n) is 18.1. The van der Waals surface area contributed by atoms with Crippen LogP contribution in [0.1, 0.15) is 42.3 Å². The van der Waals surface area contributed by atoms with E-state index in [0.717, 1.165) is 27.9 Å². The summed E-state index contributed by atoms with van der Waals surface area (Å²) in [6, 6.07) is 10.8. The van der Waals surface area contributed by atoms with Gasteiger partial charge in [-0.1, -0.05) is 30.0 Å². The van der Waals surface area contributed by atoms with E-state index >= 15 is 0 Å². The highest BCUT2D eigenvalue weighted by atomic mass is 79.9. The van der Waals surface area contributed by atoms with Gasteiger partial charge in [0.25, 0.3) is 11.8 Å². The van der Waals surface area contributed by atoms with Crippen LogP contribution in [0.15, 0.2) is 45.8 Å². The molecule has 32 heavy (non-hydrogen) atoms. The fourth-order valence-electron chi connectivity index (χ4n) is 2.99. The first-order chi connectivity index (χ1) is 15.2. The molecule has 0 atom stereocenters. The Morgan fingerprint density at radius 3 is 2.69 bits per heavy atom. The molecule has 0 unspecified atom stereocenters. The molecule has 9 heteroatoms. The molecule has 1 fully saturated rings. The highest BCUT2D eigenvalue weighted by Crippen LogP contribution is 2.39. The summed E-state index contributed by atoms with van der Waals surface area (Å²) in [7, 11) is 0. The number of rotatable bonds is 7. The summed E-state index contributed by atoms with van der Waals surface area (Å²) < 4.78 is 12.6. The zero-order chi connectivity index (χ0) is 23.4. The molecule has 1 aliphatic rings. The van der Waals surface area contributed by atoms with Crippen LogP contribution in [0.4, 0.5) is 0 Å². The summed E-state index contributed by atoms with van der Waals surface area (Å²) in [5.41, 5.74) is 4.64. The Bertz CT molecular complexity index is 1100. The SMILES string of the molecule is CCOc1cc(/C=C2\SC(=S)N(NC(=O)c3ccccc3C)C2=O)cc(Br)c1OC(C)C. The minimum atomic E-state index is -0.391. The van der Waals surface area contributed by atoms with E-state index in [1.165, 1.54) is 0 Å². The number of hydrazine groups is 1. The number of ether oxygens (including phenoxy) is 2. The number of hydrogen-bond donors (Lipinski definition) is 1. The molecule has 0 saturated carbocycles. The number of nitrogens with zero attached hydrogens (tertiary/aromatic N) is 1. The first-order valence-corrected chi connectivity index (χ1v) is 12.0. The van der Waals surface area contributed by atoms with Crippen molar-refractivity contribution in [3.63, 3.8) is 0 Å². The summed E-state index contributed by atoms with van der Waals surface area (Å²) in [6.45, 7) is 8.07. The van der Waals surface area contributed by atoms with E-state index in [1.54, 1.807) is 18.2 Å². The van der Waals surface area contributed by atoms with Gasteiger partial charge in [0.2, 0.25) is 0 Å². The van der Waals surface area contributed by atoms with Crippen LogP contribution < -0.4 is 14.9 Å². The average Bonchev–Trinajstić information content (AvgIpc) is 2.98. The van der Waals surface area contributed by atoms with Crippen molar-refractivity contribution >= 4 is 62.1 Å². The van der Waals surface area contributed by atoms with Gasteiger partial charge in [0, 0.05) is 5.56 Å². The fraction of sp³-hybridized carbons (Fsp3) is 0.261. The third-order valence-electron chi connectivity index (χ3n) is 4.38. The van der Waals surface area contributed by atoms with Crippen LogP contribution in [0.5, 0.6) is 11.5 Å². The highest BCUT2D eigenvalue weighted by Gasteiger charge is 2.34. The van der Waals surface area contributed by atoms with Crippen molar-refractivity contribution < 1.29 is 19.1 Å². The smallest absolute Gasteiger partial charge is 0.285 e. The van der Waals surface area contributed by atoms with E-state index in [9.17, 15) is 9.59 Å². The second-order valence-electron chi connectivity index (χ2n) is 7.20. The third kappa shape index (κ3) is 5.51. The number of carbonyl (C=O) groups excluding carboxylic acids is 2. The number of nitrogens with one attached hydrogen (secondary N) is 1. The van der Waals surface area contributed by atoms with E-state index in [2.05, 4.69) is 21.4 Å². The van der Waals surface area contributed by atoms with Crippen LogP contribution >= 0.6 is 39.9 Å². The minimum absolute atomic E-state index is 0.0236. The molecule has 0 spiro atoms. The number of thiocarbonyl (C=S) groups is 1.